The molecule has 4 nitrogen and oxygen atoms in total. The van der Waals surface area contributed by atoms with Crippen molar-refractivity contribution >= 4 is 11.7 Å². The largest absolute Gasteiger partial charge is 0.478 e. The van der Waals surface area contributed by atoms with Gasteiger partial charge < -0.3 is 16.2 Å². The zero-order valence-electron chi connectivity index (χ0n) is 10.3. The maximum atomic E-state index is 13.7. The molecular formula is C13H16F2N2O2. The topological polar surface area (TPSA) is 75.3 Å². The fraction of sp³-hybridized carbons (Fsp3) is 0.462. The van der Waals surface area contributed by atoms with Gasteiger partial charge in [-0.3, -0.25) is 0 Å². The Kier molecular flexibility index (Phi) is 3.99. The van der Waals surface area contributed by atoms with Crippen molar-refractivity contribution in [2.75, 3.05) is 11.9 Å². The van der Waals surface area contributed by atoms with E-state index in [1.807, 2.05) is 0 Å². The average Bonchev–Trinajstić information content (AvgIpc) is 2.79. The molecule has 1 aliphatic carbocycles. The first-order valence-electron chi connectivity index (χ1n) is 6.22. The van der Waals surface area contributed by atoms with Crippen LogP contribution in [0, 0.1) is 17.6 Å². The molecule has 0 heterocycles. The highest BCUT2D eigenvalue weighted by atomic mass is 19.1. The van der Waals surface area contributed by atoms with Crippen LogP contribution in [0.2, 0.25) is 0 Å². The number of carbonyl (C=O) groups is 1. The van der Waals surface area contributed by atoms with Crippen LogP contribution in [0.4, 0.5) is 14.5 Å². The third-order valence-electron chi connectivity index (χ3n) is 3.59. The van der Waals surface area contributed by atoms with Gasteiger partial charge >= 0.3 is 5.97 Å². The molecule has 0 aromatic heterocycles. The van der Waals surface area contributed by atoms with E-state index in [1.165, 1.54) is 0 Å². The van der Waals surface area contributed by atoms with Crippen LogP contribution in [0.5, 0.6) is 0 Å². The fourth-order valence-corrected chi connectivity index (χ4v) is 2.53. The Morgan fingerprint density at radius 3 is 2.74 bits per heavy atom. The van der Waals surface area contributed by atoms with Gasteiger partial charge in [0.15, 0.2) is 0 Å². The molecule has 4 N–H and O–H groups in total. The average molecular weight is 270 g/mol. The highest BCUT2D eigenvalue weighted by Gasteiger charge is 2.27. The summed E-state index contributed by atoms with van der Waals surface area (Å²) in [6.07, 6.45) is 2.80. The first-order chi connectivity index (χ1) is 9.02. The Morgan fingerprint density at radius 1 is 1.37 bits per heavy atom. The second kappa shape index (κ2) is 5.52. The maximum Gasteiger partial charge on any atom is 0.338 e. The quantitative estimate of drug-likeness (QED) is 0.784. The molecule has 0 aliphatic heterocycles. The lowest BCUT2D eigenvalue weighted by Crippen LogP contribution is -2.30. The summed E-state index contributed by atoms with van der Waals surface area (Å²) in [7, 11) is 0. The minimum absolute atomic E-state index is 0.00612. The highest BCUT2D eigenvalue weighted by Crippen LogP contribution is 2.29. The number of rotatable bonds is 4. The summed E-state index contributed by atoms with van der Waals surface area (Å²) >= 11 is 0. The van der Waals surface area contributed by atoms with E-state index >= 15 is 0 Å². The van der Waals surface area contributed by atoms with E-state index in [1.54, 1.807) is 0 Å². The SMILES string of the molecule is NCC1CCCC1Nc1cc(C(=O)O)c(F)cc1F. The van der Waals surface area contributed by atoms with Crippen molar-refractivity contribution in [3.8, 4) is 0 Å². The Hall–Kier alpha value is -1.69. The summed E-state index contributed by atoms with van der Waals surface area (Å²) in [6, 6.07) is 1.60. The summed E-state index contributed by atoms with van der Waals surface area (Å²) in [5, 5.41) is 11.8. The minimum atomic E-state index is -1.41. The van der Waals surface area contributed by atoms with Crippen LogP contribution in [-0.4, -0.2) is 23.7 Å². The van der Waals surface area contributed by atoms with Crippen molar-refractivity contribution in [3.63, 3.8) is 0 Å². The Morgan fingerprint density at radius 2 is 2.11 bits per heavy atom. The van der Waals surface area contributed by atoms with Gasteiger partial charge in [-0.1, -0.05) is 6.42 Å². The van der Waals surface area contributed by atoms with Gasteiger partial charge in [-0.05, 0) is 31.4 Å². The van der Waals surface area contributed by atoms with Crippen LogP contribution in [0.3, 0.4) is 0 Å². The number of carboxylic acids is 1. The van der Waals surface area contributed by atoms with Crippen LogP contribution >= 0.6 is 0 Å². The first kappa shape index (κ1) is 13.7. The third-order valence-corrected chi connectivity index (χ3v) is 3.59. The van der Waals surface area contributed by atoms with Crippen molar-refractivity contribution in [2.24, 2.45) is 11.7 Å². The van der Waals surface area contributed by atoms with E-state index in [0.717, 1.165) is 25.3 Å². The van der Waals surface area contributed by atoms with Crippen LogP contribution in [0.25, 0.3) is 0 Å². The molecule has 1 fully saturated rings. The highest BCUT2D eigenvalue weighted by molar-refractivity contribution is 5.89. The molecule has 1 aromatic carbocycles. The predicted octanol–water partition coefficient (Wildman–Crippen LogP) is 2.20. The summed E-state index contributed by atoms with van der Waals surface area (Å²) < 4.78 is 26.9. The smallest absolute Gasteiger partial charge is 0.338 e. The molecule has 1 saturated carbocycles. The number of carboxylic acid groups (broad SMARTS) is 1. The van der Waals surface area contributed by atoms with E-state index in [2.05, 4.69) is 5.32 Å². The van der Waals surface area contributed by atoms with Gasteiger partial charge in [0.05, 0.1) is 11.3 Å². The van der Waals surface area contributed by atoms with Gasteiger partial charge in [0, 0.05) is 12.1 Å². The van der Waals surface area contributed by atoms with Gasteiger partial charge in [0.2, 0.25) is 0 Å². The van der Waals surface area contributed by atoms with E-state index in [4.69, 9.17) is 10.8 Å². The molecule has 2 atom stereocenters. The number of hydrogen-bond acceptors (Lipinski definition) is 3. The van der Waals surface area contributed by atoms with Crippen molar-refractivity contribution < 1.29 is 18.7 Å². The Balaban J connectivity index is 2.24. The van der Waals surface area contributed by atoms with Crippen LogP contribution in [-0.2, 0) is 0 Å². The summed E-state index contributed by atoms with van der Waals surface area (Å²) in [6.45, 7) is 0.492. The number of hydrogen-bond donors (Lipinski definition) is 3. The fourth-order valence-electron chi connectivity index (χ4n) is 2.53. The number of halogens is 2. The van der Waals surface area contributed by atoms with Crippen LogP contribution in [0.1, 0.15) is 29.6 Å². The van der Waals surface area contributed by atoms with E-state index in [9.17, 15) is 13.6 Å². The number of nitrogens with one attached hydrogen (secondary N) is 1. The summed E-state index contributed by atoms with van der Waals surface area (Å²) in [5.41, 5.74) is 5.11. The molecule has 104 valence electrons. The molecule has 0 radical (unpaired) electrons. The molecule has 0 saturated heterocycles. The number of aromatic carboxylic acids is 1. The second-order valence-electron chi connectivity index (χ2n) is 4.79. The van der Waals surface area contributed by atoms with Crippen molar-refractivity contribution in [3.05, 3.63) is 29.3 Å². The molecule has 1 aliphatic rings. The molecular weight excluding hydrogens is 254 g/mol. The Labute approximate surface area is 109 Å². The summed E-state index contributed by atoms with van der Waals surface area (Å²) in [4.78, 5) is 10.8. The third kappa shape index (κ3) is 2.84. The van der Waals surface area contributed by atoms with Crippen LogP contribution < -0.4 is 11.1 Å². The normalized spacial score (nSPS) is 22.5. The van der Waals surface area contributed by atoms with Crippen LogP contribution in [0.15, 0.2) is 12.1 Å². The van der Waals surface area contributed by atoms with Gasteiger partial charge in [0.1, 0.15) is 11.6 Å². The lowest BCUT2D eigenvalue weighted by molar-refractivity contribution is 0.0692. The molecule has 0 bridgehead atoms. The number of nitrogens with two attached hydrogens (primary N) is 1. The molecule has 2 unspecified atom stereocenters. The van der Waals surface area contributed by atoms with E-state index < -0.39 is 23.2 Å². The van der Waals surface area contributed by atoms with Gasteiger partial charge in [-0.2, -0.15) is 0 Å². The minimum Gasteiger partial charge on any atom is -0.478 e. The van der Waals surface area contributed by atoms with Gasteiger partial charge in [0.25, 0.3) is 0 Å². The summed E-state index contributed by atoms with van der Waals surface area (Å²) in [5.74, 6) is -3.04. The predicted molar refractivity (Wildman–Crippen MR) is 67.1 cm³/mol. The van der Waals surface area contributed by atoms with E-state index in [0.29, 0.717) is 12.6 Å². The van der Waals surface area contributed by atoms with Crippen molar-refractivity contribution in [1.29, 1.82) is 0 Å². The molecule has 6 heteroatoms. The number of anilines is 1. The zero-order valence-corrected chi connectivity index (χ0v) is 10.3. The standard InChI is InChI=1S/C13H16F2N2O2/c14-9-5-10(15)12(4-8(9)13(18)19)17-11-3-1-2-7(11)6-16/h4-5,7,11,17H,1-3,6,16H2,(H,18,19). The van der Waals surface area contributed by atoms with Crippen molar-refractivity contribution in [1.82, 2.24) is 0 Å². The van der Waals surface area contributed by atoms with Crippen molar-refractivity contribution in [2.45, 2.75) is 25.3 Å². The lowest BCUT2D eigenvalue weighted by Gasteiger charge is -2.21. The lowest BCUT2D eigenvalue weighted by atomic mass is 10.0. The molecule has 0 amide bonds. The molecule has 2 rings (SSSR count). The Bertz CT molecular complexity index is 494. The van der Waals surface area contributed by atoms with Gasteiger partial charge in [-0.25, -0.2) is 13.6 Å². The van der Waals surface area contributed by atoms with Gasteiger partial charge in [-0.15, -0.1) is 0 Å². The monoisotopic (exact) mass is 270 g/mol. The molecule has 1 aromatic rings. The molecule has 19 heavy (non-hydrogen) atoms. The van der Waals surface area contributed by atoms with E-state index in [-0.39, 0.29) is 17.6 Å². The number of benzene rings is 1. The zero-order chi connectivity index (χ0) is 14.0. The first-order valence-corrected chi connectivity index (χ1v) is 6.22. The second-order valence-corrected chi connectivity index (χ2v) is 4.79. The molecule has 0 spiro atoms. The maximum absolute atomic E-state index is 13.7.